The van der Waals surface area contributed by atoms with Gasteiger partial charge in [-0.1, -0.05) is 19.9 Å². The van der Waals surface area contributed by atoms with Crippen molar-refractivity contribution >= 4 is 21.4 Å². The third-order valence-corrected chi connectivity index (χ3v) is 5.38. The Labute approximate surface area is 155 Å². The number of rotatable bonds is 6. The van der Waals surface area contributed by atoms with Crippen LogP contribution in [0.25, 0.3) is 0 Å². The van der Waals surface area contributed by atoms with Crippen LogP contribution in [0.5, 0.6) is 5.75 Å². The fourth-order valence-electron chi connectivity index (χ4n) is 2.69. The zero-order chi connectivity index (χ0) is 19.5. The minimum absolute atomic E-state index is 0.0925. The van der Waals surface area contributed by atoms with Gasteiger partial charge in [0.1, 0.15) is 5.75 Å². The van der Waals surface area contributed by atoms with Crippen molar-refractivity contribution in [3.63, 3.8) is 0 Å². The first-order valence-corrected chi connectivity index (χ1v) is 10.3. The monoisotopic (exact) mass is 375 g/mol. The second-order valence-electron chi connectivity index (χ2n) is 6.68. The first-order chi connectivity index (χ1) is 12.1. The Bertz CT molecular complexity index is 887. The Hall–Kier alpha value is -2.34. The predicted molar refractivity (Wildman–Crippen MR) is 104 cm³/mol. The van der Waals surface area contributed by atoms with E-state index in [0.29, 0.717) is 17.4 Å². The smallest absolute Gasteiger partial charge is 0.264 e. The van der Waals surface area contributed by atoms with Gasteiger partial charge >= 0.3 is 0 Å². The van der Waals surface area contributed by atoms with E-state index in [1.54, 1.807) is 19.2 Å². The van der Waals surface area contributed by atoms with Crippen molar-refractivity contribution in [3.05, 3.63) is 53.6 Å². The van der Waals surface area contributed by atoms with Crippen LogP contribution in [0.3, 0.4) is 0 Å². The molecule has 0 unspecified atom stereocenters. The molecule has 1 amide bonds. The number of carbonyl (C=O) groups excluding carboxylic acids is 1. The SMILES string of the molecule is Cc1cc(OCC(=O)N(C)c2ccc(S(C)(=O)=O)cc2)ccc1C(C)C. The van der Waals surface area contributed by atoms with Crippen LogP contribution in [0, 0.1) is 6.92 Å². The van der Waals surface area contributed by atoms with Crippen LogP contribution in [0.4, 0.5) is 5.69 Å². The Morgan fingerprint density at radius 3 is 2.23 bits per heavy atom. The van der Waals surface area contributed by atoms with Crippen LogP contribution in [0.15, 0.2) is 47.4 Å². The standard InChI is InChI=1S/C20H25NO4S/c1-14(2)19-11-8-17(12-15(19)3)25-13-20(22)21(4)16-6-9-18(10-7-16)26(5,23)24/h6-12,14H,13H2,1-5H3. The summed E-state index contributed by atoms with van der Waals surface area (Å²) in [5.41, 5.74) is 3.00. The molecule has 0 heterocycles. The molecule has 140 valence electrons. The molecule has 0 N–H and O–H groups in total. The Kier molecular flexibility index (Phi) is 6.08. The molecular weight excluding hydrogens is 350 g/mol. The Morgan fingerprint density at radius 2 is 1.73 bits per heavy atom. The molecule has 0 spiro atoms. The van der Waals surface area contributed by atoms with Gasteiger partial charge in [0.2, 0.25) is 0 Å². The highest BCUT2D eigenvalue weighted by Gasteiger charge is 2.14. The van der Waals surface area contributed by atoms with Gasteiger partial charge in [0.15, 0.2) is 16.4 Å². The van der Waals surface area contributed by atoms with Gasteiger partial charge in [-0.05, 0) is 60.4 Å². The number of anilines is 1. The summed E-state index contributed by atoms with van der Waals surface area (Å²) in [5.74, 6) is 0.871. The number of carbonyl (C=O) groups is 1. The van der Waals surface area contributed by atoms with E-state index in [1.807, 2.05) is 25.1 Å². The fourth-order valence-corrected chi connectivity index (χ4v) is 3.32. The number of nitrogens with zero attached hydrogens (tertiary/aromatic N) is 1. The molecule has 0 aliphatic carbocycles. The van der Waals surface area contributed by atoms with Crippen LogP contribution in [0.1, 0.15) is 30.9 Å². The van der Waals surface area contributed by atoms with Crippen LogP contribution in [-0.2, 0) is 14.6 Å². The van der Waals surface area contributed by atoms with Gasteiger partial charge in [0.05, 0.1) is 4.90 Å². The van der Waals surface area contributed by atoms with E-state index in [0.717, 1.165) is 11.8 Å². The lowest BCUT2D eigenvalue weighted by atomic mass is 9.98. The van der Waals surface area contributed by atoms with Crippen LogP contribution in [-0.4, -0.2) is 34.2 Å². The molecule has 2 aromatic carbocycles. The van der Waals surface area contributed by atoms with Gasteiger partial charge in [-0.25, -0.2) is 8.42 Å². The lowest BCUT2D eigenvalue weighted by Gasteiger charge is -2.18. The summed E-state index contributed by atoms with van der Waals surface area (Å²) in [6.45, 7) is 6.21. The van der Waals surface area contributed by atoms with Gasteiger partial charge in [0.25, 0.3) is 5.91 Å². The minimum atomic E-state index is -3.25. The Balaban J connectivity index is 2.02. The highest BCUT2D eigenvalue weighted by molar-refractivity contribution is 7.90. The second-order valence-corrected chi connectivity index (χ2v) is 8.70. The maximum Gasteiger partial charge on any atom is 0.264 e. The molecule has 5 nitrogen and oxygen atoms in total. The largest absolute Gasteiger partial charge is 0.484 e. The first kappa shape index (κ1) is 20.0. The molecule has 0 saturated heterocycles. The van der Waals surface area contributed by atoms with Gasteiger partial charge in [-0.2, -0.15) is 0 Å². The lowest BCUT2D eigenvalue weighted by Crippen LogP contribution is -2.31. The van der Waals surface area contributed by atoms with Gasteiger partial charge in [0, 0.05) is 19.0 Å². The molecule has 0 fully saturated rings. The molecular formula is C20H25NO4S. The first-order valence-electron chi connectivity index (χ1n) is 8.39. The van der Waals surface area contributed by atoms with Crippen molar-refractivity contribution in [1.29, 1.82) is 0 Å². The van der Waals surface area contributed by atoms with E-state index in [-0.39, 0.29) is 17.4 Å². The van der Waals surface area contributed by atoms with Crippen molar-refractivity contribution in [1.82, 2.24) is 0 Å². The molecule has 2 aromatic rings. The lowest BCUT2D eigenvalue weighted by molar-refractivity contribution is -0.120. The summed E-state index contributed by atoms with van der Waals surface area (Å²) in [6.07, 6.45) is 1.15. The van der Waals surface area contributed by atoms with Gasteiger partial charge in [-0.3, -0.25) is 4.79 Å². The van der Waals surface area contributed by atoms with Crippen molar-refractivity contribution in [3.8, 4) is 5.75 Å². The molecule has 26 heavy (non-hydrogen) atoms. The number of benzene rings is 2. The minimum Gasteiger partial charge on any atom is -0.484 e. The van der Waals surface area contributed by atoms with Crippen LogP contribution < -0.4 is 9.64 Å². The zero-order valence-electron chi connectivity index (χ0n) is 15.8. The number of ether oxygens (including phenoxy) is 1. The number of amides is 1. The Morgan fingerprint density at radius 1 is 1.12 bits per heavy atom. The molecule has 0 radical (unpaired) electrons. The zero-order valence-corrected chi connectivity index (χ0v) is 16.6. The molecule has 0 saturated carbocycles. The molecule has 6 heteroatoms. The predicted octanol–water partition coefficient (Wildman–Crippen LogP) is 3.56. The third kappa shape index (κ3) is 4.85. The molecule has 0 aromatic heterocycles. The van der Waals surface area contributed by atoms with Crippen molar-refractivity contribution in [2.75, 3.05) is 24.8 Å². The number of hydrogen-bond acceptors (Lipinski definition) is 4. The van der Waals surface area contributed by atoms with E-state index in [1.165, 1.54) is 22.6 Å². The number of hydrogen-bond donors (Lipinski definition) is 0. The van der Waals surface area contributed by atoms with E-state index < -0.39 is 9.84 Å². The fraction of sp³-hybridized carbons (Fsp3) is 0.350. The molecule has 0 atom stereocenters. The summed E-state index contributed by atoms with van der Waals surface area (Å²) >= 11 is 0. The highest BCUT2D eigenvalue weighted by Crippen LogP contribution is 2.23. The van der Waals surface area contributed by atoms with E-state index in [9.17, 15) is 13.2 Å². The van der Waals surface area contributed by atoms with Gasteiger partial charge < -0.3 is 9.64 Å². The average Bonchev–Trinajstić information content (AvgIpc) is 2.58. The summed E-state index contributed by atoms with van der Waals surface area (Å²) < 4.78 is 28.6. The van der Waals surface area contributed by atoms with Crippen LogP contribution >= 0.6 is 0 Å². The van der Waals surface area contributed by atoms with E-state index in [4.69, 9.17) is 4.74 Å². The topological polar surface area (TPSA) is 63.7 Å². The van der Waals surface area contributed by atoms with Crippen molar-refractivity contribution in [2.24, 2.45) is 0 Å². The maximum absolute atomic E-state index is 12.3. The molecule has 0 aliphatic rings. The summed E-state index contributed by atoms with van der Waals surface area (Å²) in [6, 6.07) is 12.0. The quantitative estimate of drug-likeness (QED) is 0.774. The molecule has 0 aliphatic heterocycles. The average molecular weight is 375 g/mol. The van der Waals surface area contributed by atoms with Crippen LogP contribution in [0.2, 0.25) is 0 Å². The van der Waals surface area contributed by atoms with Crippen molar-refractivity contribution in [2.45, 2.75) is 31.6 Å². The second kappa shape index (κ2) is 7.91. The summed E-state index contributed by atoms with van der Waals surface area (Å²) in [7, 11) is -1.62. The molecule has 0 bridgehead atoms. The van der Waals surface area contributed by atoms with Gasteiger partial charge in [-0.15, -0.1) is 0 Å². The van der Waals surface area contributed by atoms with Crippen molar-refractivity contribution < 1.29 is 17.9 Å². The maximum atomic E-state index is 12.3. The normalized spacial score (nSPS) is 11.5. The molecule has 2 rings (SSSR count). The number of sulfone groups is 1. The summed E-state index contributed by atoms with van der Waals surface area (Å²) in [4.78, 5) is 14.0. The number of likely N-dealkylation sites (N-methyl/N-ethyl adjacent to an activating group) is 1. The highest BCUT2D eigenvalue weighted by atomic mass is 32.2. The number of aryl methyl sites for hydroxylation is 1. The van der Waals surface area contributed by atoms with E-state index >= 15 is 0 Å². The summed E-state index contributed by atoms with van der Waals surface area (Å²) in [5, 5.41) is 0. The third-order valence-electron chi connectivity index (χ3n) is 4.25. The van der Waals surface area contributed by atoms with E-state index in [2.05, 4.69) is 13.8 Å².